The minimum Gasteiger partial charge on any atom is -0.489 e. The van der Waals surface area contributed by atoms with E-state index in [4.69, 9.17) is 36.8 Å². The summed E-state index contributed by atoms with van der Waals surface area (Å²) in [5.74, 6) is -0.465. The molecule has 0 amide bonds. The third kappa shape index (κ3) is 5.30. The predicted molar refractivity (Wildman–Crippen MR) is 175 cm³/mol. The van der Waals surface area contributed by atoms with Gasteiger partial charge in [0, 0.05) is 23.5 Å². The summed E-state index contributed by atoms with van der Waals surface area (Å²) < 4.78 is 45.1. The maximum Gasteiger partial charge on any atom is 0.319 e. The molecule has 3 aliphatic heterocycles. The van der Waals surface area contributed by atoms with Crippen molar-refractivity contribution < 1.29 is 18.3 Å². The van der Waals surface area contributed by atoms with Crippen molar-refractivity contribution in [2.75, 3.05) is 43.9 Å². The molecule has 45 heavy (non-hydrogen) atoms. The van der Waals surface area contributed by atoms with Gasteiger partial charge in [-0.3, -0.25) is 4.90 Å². The van der Waals surface area contributed by atoms with Crippen LogP contribution in [-0.4, -0.2) is 60.3 Å². The zero-order valence-electron chi connectivity index (χ0n) is 25.2. The van der Waals surface area contributed by atoms with Crippen LogP contribution in [0.1, 0.15) is 63.4 Å². The Morgan fingerprint density at radius 3 is 2.60 bits per heavy atom. The Balaban J connectivity index is 1.47. The number of nitrogens with two attached hydrogens (primary N) is 1. The van der Waals surface area contributed by atoms with Crippen molar-refractivity contribution in [2.24, 2.45) is 0 Å². The smallest absolute Gasteiger partial charge is 0.319 e. The van der Waals surface area contributed by atoms with Gasteiger partial charge in [0.05, 0.1) is 27.2 Å². The first-order valence-electron chi connectivity index (χ1n) is 15.8. The molecule has 1 unspecified atom stereocenters. The first-order valence-corrected chi connectivity index (χ1v) is 16.9. The Morgan fingerprint density at radius 2 is 1.82 bits per heavy atom. The fraction of sp³-hybridized carbons (Fsp3) is 0.485. The van der Waals surface area contributed by atoms with Gasteiger partial charge >= 0.3 is 6.01 Å². The van der Waals surface area contributed by atoms with E-state index >= 15 is 4.39 Å². The van der Waals surface area contributed by atoms with Crippen molar-refractivity contribution in [3.05, 3.63) is 34.4 Å². The lowest BCUT2D eigenvalue weighted by Crippen LogP contribution is -2.40. The maximum absolute atomic E-state index is 17.1. The molecular formula is C33H35ClF2N6O2S. The van der Waals surface area contributed by atoms with E-state index in [0.29, 0.717) is 24.4 Å². The highest BCUT2D eigenvalue weighted by atomic mass is 35.5. The Bertz CT molecular complexity index is 1830. The van der Waals surface area contributed by atoms with Crippen molar-refractivity contribution in [3.8, 4) is 29.0 Å². The summed E-state index contributed by atoms with van der Waals surface area (Å²) in [7, 11) is 2.12. The van der Waals surface area contributed by atoms with Crippen LogP contribution < -0.4 is 20.1 Å². The van der Waals surface area contributed by atoms with Crippen LogP contribution in [0.2, 0.25) is 5.02 Å². The molecule has 4 aromatic rings. The molecular weight excluding hydrogens is 618 g/mol. The third-order valence-corrected chi connectivity index (χ3v) is 10.9. The summed E-state index contributed by atoms with van der Waals surface area (Å²) in [6, 6.07) is 5.07. The third-order valence-electron chi connectivity index (χ3n) is 9.48. The summed E-state index contributed by atoms with van der Waals surface area (Å²) in [4.78, 5) is 14.1. The first-order chi connectivity index (χ1) is 21.9. The van der Waals surface area contributed by atoms with Gasteiger partial charge in [-0.15, -0.1) is 11.3 Å². The molecule has 0 saturated carbocycles. The number of halogens is 3. The quantitative estimate of drug-likeness (QED) is 0.235. The van der Waals surface area contributed by atoms with E-state index in [2.05, 4.69) is 22.9 Å². The van der Waals surface area contributed by atoms with E-state index in [1.165, 1.54) is 18.6 Å². The van der Waals surface area contributed by atoms with Crippen LogP contribution in [0.3, 0.4) is 0 Å². The average molecular weight is 653 g/mol. The molecule has 1 saturated heterocycles. The molecule has 8 nitrogen and oxygen atoms in total. The highest BCUT2D eigenvalue weighted by Gasteiger charge is 2.34. The van der Waals surface area contributed by atoms with E-state index in [9.17, 15) is 9.65 Å². The molecule has 0 spiro atoms. The number of rotatable bonds is 2. The number of nitriles is 1. The largest absolute Gasteiger partial charge is 0.489 e. The summed E-state index contributed by atoms with van der Waals surface area (Å²) in [5, 5.41) is 10.7. The molecule has 5 heterocycles. The first kappa shape index (κ1) is 30.2. The molecule has 0 aliphatic carbocycles. The molecule has 12 heteroatoms. The van der Waals surface area contributed by atoms with Gasteiger partial charge in [0.25, 0.3) is 0 Å². The van der Waals surface area contributed by atoms with E-state index in [-0.39, 0.29) is 66.2 Å². The fourth-order valence-electron chi connectivity index (χ4n) is 7.20. The number of aromatic nitrogens is 2. The van der Waals surface area contributed by atoms with Gasteiger partial charge < -0.3 is 20.1 Å². The number of benzene rings is 2. The number of anilines is 2. The minimum atomic E-state index is -0.713. The number of thiophene rings is 1. The summed E-state index contributed by atoms with van der Waals surface area (Å²) in [6.45, 7) is 2.56. The Labute approximate surface area is 269 Å². The SMILES string of the molecule is CN1CCC[C@H]1C1CCCCCCCCN2CCOc3c(Cl)c(-c4ccc(F)c5sc(N)c(C#N)c45)c(F)c4nc(nc2c34)O1. The van der Waals surface area contributed by atoms with Crippen molar-refractivity contribution in [2.45, 2.75) is 69.9 Å². The number of hydrogen-bond acceptors (Lipinski definition) is 9. The zero-order chi connectivity index (χ0) is 31.2. The number of hydrogen-bond donors (Lipinski definition) is 1. The molecule has 2 aromatic heterocycles. The summed E-state index contributed by atoms with van der Waals surface area (Å²) in [5.41, 5.74) is 6.42. The molecule has 2 N–H and O–H groups in total. The van der Waals surface area contributed by atoms with Gasteiger partial charge in [-0.25, -0.2) is 8.78 Å². The Morgan fingerprint density at radius 1 is 1.02 bits per heavy atom. The second-order valence-corrected chi connectivity index (χ2v) is 13.7. The van der Waals surface area contributed by atoms with Crippen LogP contribution in [0.15, 0.2) is 12.1 Å². The normalized spacial score (nSPS) is 21.4. The van der Waals surface area contributed by atoms with Crippen LogP contribution in [0.25, 0.3) is 32.1 Å². The van der Waals surface area contributed by atoms with Gasteiger partial charge in [-0.05, 0) is 57.3 Å². The topological polar surface area (TPSA) is 101 Å². The molecule has 7 rings (SSSR count). The average Bonchev–Trinajstić information content (AvgIpc) is 3.55. The molecule has 2 atom stereocenters. The lowest BCUT2D eigenvalue weighted by molar-refractivity contribution is 0.0884. The van der Waals surface area contributed by atoms with E-state index in [1.807, 2.05) is 0 Å². The number of likely N-dealkylation sites (tertiary alicyclic amines) is 1. The number of fused-ring (bicyclic) bond motifs is 2. The molecule has 1 fully saturated rings. The highest BCUT2D eigenvalue weighted by Crippen LogP contribution is 2.50. The molecule has 2 bridgehead atoms. The molecule has 236 valence electrons. The minimum absolute atomic E-state index is 0.0149. The van der Waals surface area contributed by atoms with E-state index in [1.54, 1.807) is 0 Å². The van der Waals surface area contributed by atoms with E-state index in [0.717, 1.165) is 75.8 Å². The van der Waals surface area contributed by atoms with Crippen molar-refractivity contribution >= 4 is 54.7 Å². The van der Waals surface area contributed by atoms with Crippen molar-refractivity contribution in [1.82, 2.24) is 14.9 Å². The van der Waals surface area contributed by atoms with Gasteiger partial charge in [0.2, 0.25) is 0 Å². The van der Waals surface area contributed by atoms with E-state index < -0.39 is 11.6 Å². The lowest BCUT2D eigenvalue weighted by atomic mass is 9.96. The number of nitrogens with zero attached hydrogens (tertiary/aromatic N) is 5. The molecule has 2 aromatic carbocycles. The van der Waals surface area contributed by atoms with Crippen molar-refractivity contribution in [3.63, 3.8) is 0 Å². The molecule has 0 radical (unpaired) electrons. The predicted octanol–water partition coefficient (Wildman–Crippen LogP) is 7.68. The van der Waals surface area contributed by atoms with Gasteiger partial charge in [-0.2, -0.15) is 15.2 Å². The number of likely N-dealkylation sites (N-methyl/N-ethyl adjacent to an activating group) is 1. The second-order valence-electron chi connectivity index (χ2n) is 12.2. The van der Waals surface area contributed by atoms with Crippen LogP contribution in [-0.2, 0) is 0 Å². The standard InChI is InChI=1S/C33H35ClF2N6O2S/c1-41-13-8-9-21(41)22-10-6-4-2-3-5-7-14-42-15-16-43-29-25-28(39-33(44-22)40-32(25)42)27(36)24(26(29)34)18-11-12-20(35)30-23(18)19(17-37)31(38)45-30/h11-12,21-22H,2-10,13-16,38H2,1H3/t21-,22?/m0/s1. The van der Waals surface area contributed by atoms with Crippen LogP contribution >= 0.6 is 22.9 Å². The lowest BCUT2D eigenvalue weighted by Gasteiger charge is -2.30. The van der Waals surface area contributed by atoms with Crippen LogP contribution in [0, 0.1) is 23.0 Å². The number of ether oxygens (including phenoxy) is 2. The maximum atomic E-state index is 17.1. The van der Waals surface area contributed by atoms with Crippen molar-refractivity contribution in [1.29, 1.82) is 5.26 Å². The van der Waals surface area contributed by atoms with Gasteiger partial charge in [-0.1, -0.05) is 43.4 Å². The highest BCUT2D eigenvalue weighted by molar-refractivity contribution is 7.23. The van der Waals surface area contributed by atoms with Gasteiger partial charge in [0.15, 0.2) is 11.6 Å². The Hall–Kier alpha value is -3.46. The molecule has 3 aliphatic rings. The zero-order valence-corrected chi connectivity index (χ0v) is 26.7. The summed E-state index contributed by atoms with van der Waals surface area (Å²) >= 11 is 7.97. The van der Waals surface area contributed by atoms with Crippen LogP contribution in [0.5, 0.6) is 11.8 Å². The monoisotopic (exact) mass is 652 g/mol. The van der Waals surface area contributed by atoms with Crippen LogP contribution in [0.4, 0.5) is 19.6 Å². The summed E-state index contributed by atoms with van der Waals surface area (Å²) in [6.07, 6.45) is 9.43. The Kier molecular flexibility index (Phi) is 8.31. The second kappa shape index (κ2) is 12.4. The fourth-order valence-corrected chi connectivity index (χ4v) is 8.49. The number of nitrogen functional groups attached to an aromatic ring is 1. The van der Waals surface area contributed by atoms with Gasteiger partial charge in [0.1, 0.15) is 40.9 Å².